The number of ether oxygens (including phenoxy) is 2. The molecule has 0 aliphatic heterocycles. The fraction of sp³-hybridized carbons (Fsp3) is 0.292. The number of rotatable bonds is 9. The Morgan fingerprint density at radius 1 is 1.00 bits per heavy atom. The molecule has 0 fully saturated rings. The smallest absolute Gasteiger partial charge is 0.329 e. The van der Waals surface area contributed by atoms with Crippen LogP contribution in [0.5, 0.6) is 5.75 Å². The molecule has 2 N–H and O–H groups in total. The van der Waals surface area contributed by atoms with Crippen LogP contribution in [0.1, 0.15) is 31.9 Å². The van der Waals surface area contributed by atoms with Gasteiger partial charge < -0.3 is 20.1 Å². The highest BCUT2D eigenvalue weighted by atomic mass is 16.5. The van der Waals surface area contributed by atoms with Gasteiger partial charge in [0.2, 0.25) is 5.91 Å². The molecule has 2 atom stereocenters. The molecule has 7 heteroatoms. The van der Waals surface area contributed by atoms with Crippen LogP contribution in [0.2, 0.25) is 0 Å². The van der Waals surface area contributed by atoms with Crippen molar-refractivity contribution in [1.29, 1.82) is 0 Å². The van der Waals surface area contributed by atoms with Crippen LogP contribution in [0.15, 0.2) is 54.6 Å². The zero-order valence-corrected chi connectivity index (χ0v) is 18.2. The van der Waals surface area contributed by atoms with Gasteiger partial charge in [-0.3, -0.25) is 9.59 Å². The third-order valence-electron chi connectivity index (χ3n) is 4.55. The Morgan fingerprint density at radius 2 is 1.65 bits per heavy atom. The molecule has 0 spiro atoms. The van der Waals surface area contributed by atoms with Gasteiger partial charge in [0, 0.05) is 11.8 Å². The normalized spacial score (nSPS) is 12.6. The number of hydrogen-bond donors (Lipinski definition) is 2. The maximum Gasteiger partial charge on any atom is 0.329 e. The van der Waals surface area contributed by atoms with E-state index in [4.69, 9.17) is 9.47 Å². The van der Waals surface area contributed by atoms with Crippen molar-refractivity contribution >= 4 is 29.5 Å². The predicted molar refractivity (Wildman–Crippen MR) is 120 cm³/mol. The number of esters is 1. The van der Waals surface area contributed by atoms with Gasteiger partial charge in [-0.15, -0.1) is 0 Å². The summed E-state index contributed by atoms with van der Waals surface area (Å²) in [5, 5.41) is 5.22. The molecule has 2 aromatic rings. The maximum atomic E-state index is 12.3. The summed E-state index contributed by atoms with van der Waals surface area (Å²) in [6, 6.07) is 13.7. The Kier molecular flexibility index (Phi) is 8.81. The fourth-order valence-corrected chi connectivity index (χ4v) is 2.60. The molecule has 0 aliphatic rings. The third-order valence-corrected chi connectivity index (χ3v) is 4.55. The van der Waals surface area contributed by atoms with Gasteiger partial charge in [-0.25, -0.2) is 4.79 Å². The molecule has 164 valence electrons. The van der Waals surface area contributed by atoms with Gasteiger partial charge in [-0.1, -0.05) is 31.2 Å². The van der Waals surface area contributed by atoms with Gasteiger partial charge in [0.05, 0.1) is 7.11 Å². The zero-order valence-electron chi connectivity index (χ0n) is 18.2. The minimum atomic E-state index is -1.01. The summed E-state index contributed by atoms with van der Waals surface area (Å²) in [6.07, 6.45) is 2.84. The van der Waals surface area contributed by atoms with E-state index in [1.807, 2.05) is 19.1 Å². The lowest BCUT2D eigenvalue weighted by molar-refractivity contribution is -0.155. The van der Waals surface area contributed by atoms with Gasteiger partial charge in [0.1, 0.15) is 11.8 Å². The minimum absolute atomic E-state index is 0.449. The second-order valence-electron chi connectivity index (χ2n) is 6.96. The first-order valence-electron chi connectivity index (χ1n) is 10.0. The number of carbonyl (C=O) groups excluding carboxylic acids is 3. The molecule has 0 bridgehead atoms. The Balaban J connectivity index is 1.81. The van der Waals surface area contributed by atoms with Crippen molar-refractivity contribution in [3.8, 4) is 5.75 Å². The van der Waals surface area contributed by atoms with Crippen LogP contribution < -0.4 is 15.4 Å². The Morgan fingerprint density at radius 3 is 2.23 bits per heavy atom. The minimum Gasteiger partial charge on any atom is -0.497 e. The van der Waals surface area contributed by atoms with Crippen molar-refractivity contribution in [2.24, 2.45) is 0 Å². The molecule has 0 saturated carbocycles. The summed E-state index contributed by atoms with van der Waals surface area (Å²) in [5.41, 5.74) is 2.58. The first kappa shape index (κ1) is 23.7. The third kappa shape index (κ3) is 7.62. The lowest BCUT2D eigenvalue weighted by Gasteiger charge is -2.17. The first-order chi connectivity index (χ1) is 14.8. The molecule has 0 unspecified atom stereocenters. The van der Waals surface area contributed by atoms with Crippen molar-refractivity contribution < 1.29 is 23.9 Å². The summed E-state index contributed by atoms with van der Waals surface area (Å²) in [4.78, 5) is 36.5. The van der Waals surface area contributed by atoms with E-state index in [0.29, 0.717) is 11.4 Å². The molecule has 0 heterocycles. The standard InChI is InChI=1S/C24H28N2O5/c1-5-18-6-11-20(12-7-18)26-23(28)17(3)31-24(29)16(2)25-22(27)15-10-19-8-13-21(30-4)14-9-19/h6-17H,5H2,1-4H3,(H,25,27)(H,26,28)/b15-10+/t16-,17+/m0/s1. The largest absolute Gasteiger partial charge is 0.497 e. The summed E-state index contributed by atoms with van der Waals surface area (Å²) < 4.78 is 10.3. The monoisotopic (exact) mass is 424 g/mol. The second-order valence-corrected chi connectivity index (χ2v) is 6.96. The lowest BCUT2D eigenvalue weighted by atomic mass is 10.1. The van der Waals surface area contributed by atoms with Gasteiger partial charge in [0.15, 0.2) is 6.10 Å². The van der Waals surface area contributed by atoms with Crippen LogP contribution >= 0.6 is 0 Å². The average molecular weight is 424 g/mol. The van der Waals surface area contributed by atoms with Crippen LogP contribution in [0, 0.1) is 0 Å². The average Bonchev–Trinajstić information content (AvgIpc) is 2.78. The molecule has 0 radical (unpaired) electrons. The molecule has 0 aliphatic carbocycles. The number of anilines is 1. The Hall–Kier alpha value is -3.61. The maximum absolute atomic E-state index is 12.3. The Bertz CT molecular complexity index is 920. The highest BCUT2D eigenvalue weighted by Gasteiger charge is 2.22. The Labute approximate surface area is 182 Å². The quantitative estimate of drug-likeness (QED) is 0.476. The van der Waals surface area contributed by atoms with Crippen LogP contribution in [-0.2, 0) is 25.5 Å². The number of carbonyl (C=O) groups is 3. The number of amides is 2. The number of hydrogen-bond acceptors (Lipinski definition) is 5. The van der Waals surface area contributed by atoms with Crippen molar-refractivity contribution in [1.82, 2.24) is 5.32 Å². The molecule has 2 aromatic carbocycles. The highest BCUT2D eigenvalue weighted by molar-refractivity contribution is 5.97. The predicted octanol–water partition coefficient (Wildman–Crippen LogP) is 3.35. The van der Waals surface area contributed by atoms with Crippen LogP contribution in [0.25, 0.3) is 6.08 Å². The lowest BCUT2D eigenvalue weighted by Crippen LogP contribution is -2.41. The second kappa shape index (κ2) is 11.5. The SMILES string of the molecule is CCc1ccc(NC(=O)[C@@H](C)OC(=O)[C@H](C)NC(=O)/C=C/c2ccc(OC)cc2)cc1. The molecule has 0 saturated heterocycles. The molecule has 2 rings (SSSR count). The number of nitrogens with one attached hydrogen (secondary N) is 2. The first-order valence-corrected chi connectivity index (χ1v) is 10.0. The highest BCUT2D eigenvalue weighted by Crippen LogP contribution is 2.13. The molecule has 2 amide bonds. The molecular formula is C24H28N2O5. The van der Waals surface area contributed by atoms with Crippen molar-refractivity contribution in [3.63, 3.8) is 0 Å². The van der Waals surface area contributed by atoms with E-state index in [2.05, 4.69) is 10.6 Å². The van der Waals surface area contributed by atoms with Gasteiger partial charge in [-0.05, 0) is 61.7 Å². The van der Waals surface area contributed by atoms with Gasteiger partial charge in [0.25, 0.3) is 5.91 Å². The van der Waals surface area contributed by atoms with Crippen molar-refractivity contribution in [2.45, 2.75) is 39.3 Å². The number of aryl methyl sites for hydroxylation is 1. The van der Waals surface area contributed by atoms with E-state index in [-0.39, 0.29) is 0 Å². The summed E-state index contributed by atoms with van der Waals surface area (Å²) in [7, 11) is 1.58. The van der Waals surface area contributed by atoms with E-state index >= 15 is 0 Å². The topological polar surface area (TPSA) is 93.7 Å². The zero-order chi connectivity index (χ0) is 22.8. The molecular weight excluding hydrogens is 396 g/mol. The summed E-state index contributed by atoms with van der Waals surface area (Å²) in [5.74, 6) is -0.881. The van der Waals surface area contributed by atoms with Crippen LogP contribution in [0.3, 0.4) is 0 Å². The number of methoxy groups -OCH3 is 1. The van der Waals surface area contributed by atoms with Gasteiger partial charge in [-0.2, -0.15) is 0 Å². The summed E-state index contributed by atoms with van der Waals surface area (Å²) in [6.45, 7) is 5.02. The van der Waals surface area contributed by atoms with Crippen molar-refractivity contribution in [2.75, 3.05) is 12.4 Å². The van der Waals surface area contributed by atoms with Crippen LogP contribution in [-0.4, -0.2) is 37.0 Å². The van der Waals surface area contributed by atoms with E-state index in [1.54, 1.807) is 49.6 Å². The van der Waals surface area contributed by atoms with E-state index in [9.17, 15) is 14.4 Å². The molecule has 31 heavy (non-hydrogen) atoms. The summed E-state index contributed by atoms with van der Waals surface area (Å²) >= 11 is 0. The van der Waals surface area contributed by atoms with Crippen LogP contribution in [0.4, 0.5) is 5.69 Å². The van der Waals surface area contributed by atoms with E-state index in [0.717, 1.165) is 17.5 Å². The van der Waals surface area contributed by atoms with E-state index < -0.39 is 29.9 Å². The van der Waals surface area contributed by atoms with E-state index in [1.165, 1.54) is 19.9 Å². The molecule has 0 aromatic heterocycles. The molecule has 7 nitrogen and oxygen atoms in total. The fourth-order valence-electron chi connectivity index (χ4n) is 2.60. The van der Waals surface area contributed by atoms with Gasteiger partial charge >= 0.3 is 5.97 Å². The number of benzene rings is 2. The van der Waals surface area contributed by atoms with Crippen molar-refractivity contribution in [3.05, 3.63) is 65.7 Å².